The molecule has 8 rings (SSSR count). The van der Waals surface area contributed by atoms with E-state index in [0.29, 0.717) is 72.6 Å². The van der Waals surface area contributed by atoms with Crippen LogP contribution in [0.2, 0.25) is 0 Å². The van der Waals surface area contributed by atoms with Crippen molar-refractivity contribution in [3.05, 3.63) is 94.3 Å². The Bertz CT molecular complexity index is 2350. The monoisotopic (exact) mass is 780 g/mol. The van der Waals surface area contributed by atoms with Crippen LogP contribution < -0.4 is 10.6 Å². The number of piperidine rings is 1. The number of hydrogen-bond donors (Lipinski definition) is 2. The molecule has 3 aromatic heterocycles. The zero-order valence-electron chi connectivity index (χ0n) is 31.9. The summed E-state index contributed by atoms with van der Waals surface area (Å²) in [5.74, 6) is -1.04. The van der Waals surface area contributed by atoms with Crippen LogP contribution in [0.4, 0.5) is 24.9 Å². The number of nitrogens with one attached hydrogen (secondary N) is 2. The van der Waals surface area contributed by atoms with E-state index in [9.17, 15) is 14.4 Å². The zero-order valence-corrected chi connectivity index (χ0v) is 31.9. The molecule has 2 unspecified atom stereocenters. The quantitative estimate of drug-likeness (QED) is 0.137. The minimum Gasteiger partial charge on any atom is -0.330 e. The number of piperazine rings is 1. The van der Waals surface area contributed by atoms with E-state index < -0.39 is 23.5 Å². The van der Waals surface area contributed by atoms with Gasteiger partial charge < -0.3 is 20.1 Å². The highest BCUT2D eigenvalue weighted by Gasteiger charge is 2.38. The number of carbonyl (C=O) groups excluding carboxylic acids is 3. The molecule has 3 aliphatic heterocycles. The minimum absolute atomic E-state index is 0.0267. The van der Waals surface area contributed by atoms with Crippen LogP contribution in [0.25, 0.3) is 22.3 Å². The summed E-state index contributed by atoms with van der Waals surface area (Å²) in [4.78, 5) is 59.3. The Kier molecular flexibility index (Phi) is 10.6. The number of aryl methyl sites for hydroxylation is 1. The second kappa shape index (κ2) is 15.8. The van der Waals surface area contributed by atoms with E-state index in [1.54, 1.807) is 35.4 Å². The number of rotatable bonds is 11. The fourth-order valence-electron chi connectivity index (χ4n) is 8.27. The first-order chi connectivity index (χ1) is 27.5. The number of hydrogen-bond acceptors (Lipinski definition) is 11. The van der Waals surface area contributed by atoms with Crippen LogP contribution in [0, 0.1) is 24.4 Å². The molecule has 2 atom stereocenters. The van der Waals surface area contributed by atoms with Crippen LogP contribution in [0.5, 0.6) is 0 Å². The van der Waals surface area contributed by atoms with E-state index >= 15 is 13.2 Å². The number of amides is 1. The molecule has 0 spiro atoms. The topological polar surface area (TPSA) is 141 Å². The second-order valence-electron chi connectivity index (χ2n) is 15.3. The first-order valence-corrected chi connectivity index (χ1v) is 19.2. The molecule has 13 nitrogen and oxygen atoms in total. The van der Waals surface area contributed by atoms with Crippen molar-refractivity contribution in [3.63, 3.8) is 0 Å². The number of fused-ring (bicyclic) bond motifs is 2. The van der Waals surface area contributed by atoms with E-state index in [4.69, 9.17) is 0 Å². The predicted octanol–water partition coefficient (Wildman–Crippen LogP) is 5.10. The number of aldehydes is 1. The molecule has 2 aromatic carbocycles. The van der Waals surface area contributed by atoms with Crippen molar-refractivity contribution in [1.29, 1.82) is 0 Å². The van der Waals surface area contributed by atoms with Gasteiger partial charge in [-0.15, -0.1) is 0 Å². The molecule has 57 heavy (non-hydrogen) atoms. The van der Waals surface area contributed by atoms with Gasteiger partial charge in [0.15, 0.2) is 17.9 Å². The summed E-state index contributed by atoms with van der Waals surface area (Å²) >= 11 is 0. The number of anilines is 2. The van der Waals surface area contributed by atoms with Crippen molar-refractivity contribution in [2.75, 3.05) is 38.0 Å². The van der Waals surface area contributed by atoms with Crippen molar-refractivity contribution in [2.45, 2.75) is 71.4 Å². The molecule has 296 valence electrons. The number of Topliss-reactive ketones (excluding diaryl/α,β-unsaturated/α-hetero) is 1. The summed E-state index contributed by atoms with van der Waals surface area (Å²) < 4.78 is 47.9. The number of benzene rings is 2. The number of ketones is 1. The first-order valence-electron chi connectivity index (χ1n) is 19.2. The molecular weight excluding hydrogens is 738 g/mol. The van der Waals surface area contributed by atoms with Crippen LogP contribution in [0.1, 0.15) is 65.6 Å². The molecule has 5 aromatic rings. The Hall–Kier alpha value is -5.58. The van der Waals surface area contributed by atoms with Gasteiger partial charge in [-0.2, -0.15) is 0 Å². The van der Waals surface area contributed by atoms with Gasteiger partial charge in [-0.1, -0.05) is 12.1 Å². The molecule has 1 amide bonds. The molecular formula is C41H43F3N10O3. The normalized spacial score (nSPS) is 19.1. The average Bonchev–Trinajstić information content (AvgIpc) is 3.74. The summed E-state index contributed by atoms with van der Waals surface area (Å²) in [7, 11) is 0. The molecule has 16 heteroatoms. The van der Waals surface area contributed by atoms with Crippen molar-refractivity contribution >= 4 is 40.8 Å². The Labute approximate surface area is 327 Å². The average molecular weight is 781 g/mol. The minimum atomic E-state index is -0.684. The van der Waals surface area contributed by atoms with Crippen LogP contribution in [0.15, 0.2) is 48.8 Å². The molecule has 2 fully saturated rings. The molecule has 0 saturated carbocycles. The van der Waals surface area contributed by atoms with Gasteiger partial charge in [0.1, 0.15) is 28.7 Å². The lowest BCUT2D eigenvalue weighted by molar-refractivity contribution is -0.131. The molecule has 3 aliphatic rings. The van der Waals surface area contributed by atoms with Gasteiger partial charge in [0.2, 0.25) is 11.7 Å². The molecule has 0 bridgehead atoms. The summed E-state index contributed by atoms with van der Waals surface area (Å²) in [5.41, 5.74) is 3.36. The van der Waals surface area contributed by atoms with Crippen LogP contribution in [-0.4, -0.2) is 102 Å². The smallest absolute Gasteiger partial charge is 0.254 e. The number of carbonyl (C=O) groups is 3. The molecule has 2 N–H and O–H groups in total. The lowest BCUT2D eigenvalue weighted by Crippen LogP contribution is -2.52. The Morgan fingerprint density at radius 1 is 0.965 bits per heavy atom. The van der Waals surface area contributed by atoms with Gasteiger partial charge >= 0.3 is 0 Å². The zero-order chi connectivity index (χ0) is 40.0. The van der Waals surface area contributed by atoms with Gasteiger partial charge in [-0.25, -0.2) is 33.1 Å². The van der Waals surface area contributed by atoms with E-state index in [-0.39, 0.29) is 53.1 Å². The van der Waals surface area contributed by atoms with Crippen molar-refractivity contribution in [1.82, 2.24) is 44.5 Å². The Morgan fingerprint density at radius 2 is 1.74 bits per heavy atom. The number of aromatic nitrogens is 5. The van der Waals surface area contributed by atoms with Crippen LogP contribution >= 0.6 is 0 Å². The van der Waals surface area contributed by atoms with Gasteiger partial charge in [-0.05, 0) is 63.4 Å². The SMILES string of the molecule is Cc1nc2c(F)cc(-c3nc(Nc4ccc(CN5CCN(Cc6ccc7c(c6F)CN(C6CCC(C(=O)C=O)NC6)C7=O)CC5)cn4)ncc3F)cc2n1C(C)C. The molecule has 0 aliphatic carbocycles. The number of pyridine rings is 1. The third kappa shape index (κ3) is 7.64. The maximum absolute atomic E-state index is 15.8. The van der Waals surface area contributed by atoms with Crippen molar-refractivity contribution in [3.8, 4) is 11.3 Å². The molecule has 2 saturated heterocycles. The third-order valence-electron chi connectivity index (χ3n) is 11.2. The summed E-state index contributed by atoms with van der Waals surface area (Å²) in [5, 5.41) is 6.09. The first kappa shape index (κ1) is 38.3. The number of imidazole rings is 1. The molecule has 6 heterocycles. The largest absolute Gasteiger partial charge is 0.330 e. The summed E-state index contributed by atoms with van der Waals surface area (Å²) in [6.07, 6.45) is 4.15. The highest BCUT2D eigenvalue weighted by Crippen LogP contribution is 2.33. The van der Waals surface area contributed by atoms with Crippen LogP contribution in [-0.2, 0) is 29.2 Å². The van der Waals surface area contributed by atoms with E-state index in [1.165, 1.54) is 6.07 Å². The van der Waals surface area contributed by atoms with Crippen LogP contribution in [0.3, 0.4) is 0 Å². The summed E-state index contributed by atoms with van der Waals surface area (Å²) in [6.45, 7) is 10.5. The predicted molar refractivity (Wildman–Crippen MR) is 206 cm³/mol. The van der Waals surface area contributed by atoms with E-state index in [0.717, 1.165) is 37.9 Å². The fraction of sp³-hybridized carbons (Fsp3) is 0.390. The number of nitrogens with zero attached hydrogens (tertiary/aromatic N) is 8. The highest BCUT2D eigenvalue weighted by atomic mass is 19.1. The number of halogens is 3. The van der Waals surface area contributed by atoms with E-state index in [2.05, 4.69) is 40.4 Å². The maximum atomic E-state index is 15.8. The molecule has 0 radical (unpaired) electrons. The lowest BCUT2D eigenvalue weighted by atomic mass is 9.97. The van der Waals surface area contributed by atoms with Crippen molar-refractivity contribution in [2.24, 2.45) is 0 Å². The van der Waals surface area contributed by atoms with Gasteiger partial charge in [0, 0.05) is 86.3 Å². The Morgan fingerprint density at radius 3 is 2.42 bits per heavy atom. The summed E-state index contributed by atoms with van der Waals surface area (Å²) in [6, 6.07) is 9.42. The fourth-order valence-corrected chi connectivity index (χ4v) is 8.27. The van der Waals surface area contributed by atoms with Crippen molar-refractivity contribution < 1.29 is 27.6 Å². The van der Waals surface area contributed by atoms with Gasteiger partial charge in [0.05, 0.1) is 24.3 Å². The van der Waals surface area contributed by atoms with Gasteiger partial charge in [0.25, 0.3) is 5.91 Å². The maximum Gasteiger partial charge on any atom is 0.254 e. The third-order valence-corrected chi connectivity index (χ3v) is 11.2. The Balaban J connectivity index is 0.849. The highest BCUT2D eigenvalue weighted by molar-refractivity contribution is 6.27. The van der Waals surface area contributed by atoms with Gasteiger partial charge in [-0.3, -0.25) is 24.2 Å². The second-order valence-corrected chi connectivity index (χ2v) is 15.3. The van der Waals surface area contributed by atoms with E-state index in [1.807, 2.05) is 31.4 Å². The standard InChI is InChI=1S/C41H43F3N10O3/c1-23(2)54-24(3)48-39-31(42)14-27(15-34(39)54)38-32(43)18-47-41(50-38)49-36-9-4-25(16-46-36)19-51-10-12-52(13-11-51)20-26-5-7-29-30(37(26)44)21-53(40(29)57)28-6-8-33(45-17-28)35(56)22-55/h4-5,7,9,14-16,18,22-23,28,33,45H,6,8,10-13,17,19-21H2,1-3H3,(H,46,47,49,50). The lowest BCUT2D eigenvalue weighted by Gasteiger charge is -2.35.